The predicted molar refractivity (Wildman–Crippen MR) is 81.7 cm³/mol. The molecule has 0 aromatic heterocycles. The van der Waals surface area contributed by atoms with E-state index in [0.29, 0.717) is 17.8 Å². The van der Waals surface area contributed by atoms with Crippen LogP contribution in [-0.4, -0.2) is 26.0 Å². The van der Waals surface area contributed by atoms with Crippen molar-refractivity contribution >= 4 is 17.3 Å². The highest BCUT2D eigenvalue weighted by molar-refractivity contribution is 6.00. The topological polar surface area (TPSA) is 58.4 Å². The van der Waals surface area contributed by atoms with Crippen molar-refractivity contribution in [3.05, 3.63) is 23.8 Å². The van der Waals surface area contributed by atoms with Crippen molar-refractivity contribution in [3.8, 4) is 0 Å². The molecular formula is C15H25N3O. The molecule has 1 aromatic rings. The van der Waals surface area contributed by atoms with Gasteiger partial charge in [-0.05, 0) is 31.5 Å². The lowest BCUT2D eigenvalue weighted by Gasteiger charge is -2.22. The number of amides is 1. The Labute approximate surface area is 116 Å². The maximum absolute atomic E-state index is 12.0. The van der Waals surface area contributed by atoms with E-state index in [1.54, 1.807) is 12.1 Å². The summed E-state index contributed by atoms with van der Waals surface area (Å²) in [5, 5.41) is 2.84. The Kier molecular flexibility index (Phi) is 6.19. The van der Waals surface area contributed by atoms with Crippen molar-refractivity contribution in [2.45, 2.75) is 33.1 Å². The second-order valence-electron chi connectivity index (χ2n) is 4.76. The molecule has 4 nitrogen and oxygen atoms in total. The van der Waals surface area contributed by atoms with Gasteiger partial charge in [0.1, 0.15) is 0 Å². The quantitative estimate of drug-likeness (QED) is 0.587. The molecule has 1 amide bonds. The first-order valence-corrected chi connectivity index (χ1v) is 6.99. The van der Waals surface area contributed by atoms with Crippen LogP contribution in [0.2, 0.25) is 0 Å². The van der Waals surface area contributed by atoms with E-state index in [-0.39, 0.29) is 5.91 Å². The molecule has 0 aliphatic rings. The van der Waals surface area contributed by atoms with Crippen LogP contribution in [0.3, 0.4) is 0 Å². The van der Waals surface area contributed by atoms with Gasteiger partial charge in [-0.25, -0.2) is 0 Å². The fraction of sp³-hybridized carbons (Fsp3) is 0.533. The largest absolute Gasteiger partial charge is 0.399 e. The fourth-order valence-electron chi connectivity index (χ4n) is 2.03. The molecule has 0 heterocycles. The molecule has 1 aromatic carbocycles. The van der Waals surface area contributed by atoms with Gasteiger partial charge in [-0.2, -0.15) is 0 Å². The van der Waals surface area contributed by atoms with E-state index in [1.165, 1.54) is 12.8 Å². The number of hydrogen-bond donors (Lipinski definition) is 2. The van der Waals surface area contributed by atoms with Crippen LogP contribution in [0, 0.1) is 0 Å². The molecule has 19 heavy (non-hydrogen) atoms. The van der Waals surface area contributed by atoms with Gasteiger partial charge >= 0.3 is 0 Å². The zero-order chi connectivity index (χ0) is 14.3. The first-order valence-electron chi connectivity index (χ1n) is 6.99. The van der Waals surface area contributed by atoms with E-state index in [4.69, 9.17) is 5.73 Å². The van der Waals surface area contributed by atoms with Crippen LogP contribution < -0.4 is 16.0 Å². The summed E-state index contributed by atoms with van der Waals surface area (Å²) in [5.74, 6) is -0.0418. The van der Waals surface area contributed by atoms with E-state index in [0.717, 1.165) is 18.7 Å². The molecule has 106 valence electrons. The molecule has 4 heteroatoms. The Hall–Kier alpha value is -1.71. The van der Waals surface area contributed by atoms with Gasteiger partial charge in [0.15, 0.2) is 0 Å². The summed E-state index contributed by atoms with van der Waals surface area (Å²) in [5.41, 5.74) is 8.12. The molecule has 0 aliphatic heterocycles. The minimum absolute atomic E-state index is 0.0418. The predicted octanol–water partition coefficient (Wildman–Crippen LogP) is 2.64. The average molecular weight is 263 g/mol. The normalized spacial score (nSPS) is 10.3. The molecule has 3 N–H and O–H groups in total. The Bertz CT molecular complexity index is 418. The van der Waals surface area contributed by atoms with Gasteiger partial charge in [0.2, 0.25) is 0 Å². The van der Waals surface area contributed by atoms with Crippen molar-refractivity contribution in [3.63, 3.8) is 0 Å². The van der Waals surface area contributed by atoms with Crippen LogP contribution in [0.5, 0.6) is 0 Å². The fourth-order valence-corrected chi connectivity index (χ4v) is 2.03. The van der Waals surface area contributed by atoms with Crippen molar-refractivity contribution in [2.75, 3.05) is 30.8 Å². The smallest absolute Gasteiger partial charge is 0.253 e. The van der Waals surface area contributed by atoms with Crippen LogP contribution in [0.1, 0.15) is 43.5 Å². The number of nitrogens with one attached hydrogen (secondary N) is 1. The van der Waals surface area contributed by atoms with Gasteiger partial charge in [0, 0.05) is 25.8 Å². The molecular weight excluding hydrogens is 238 g/mol. The Morgan fingerprint density at radius 2 is 2.05 bits per heavy atom. The SMILES string of the molecule is CCCCCN(C)c1cc(N)ccc1C(=O)NCC. The van der Waals surface area contributed by atoms with E-state index in [2.05, 4.69) is 17.1 Å². The number of hydrogen-bond acceptors (Lipinski definition) is 3. The number of carbonyl (C=O) groups is 1. The molecule has 0 radical (unpaired) electrons. The number of nitrogens with zero attached hydrogens (tertiary/aromatic N) is 1. The Morgan fingerprint density at radius 3 is 2.68 bits per heavy atom. The summed E-state index contributed by atoms with van der Waals surface area (Å²) in [6, 6.07) is 5.44. The van der Waals surface area contributed by atoms with Gasteiger partial charge in [0.05, 0.1) is 11.3 Å². The number of rotatable bonds is 7. The lowest BCUT2D eigenvalue weighted by Crippen LogP contribution is -2.27. The highest BCUT2D eigenvalue weighted by Gasteiger charge is 2.13. The van der Waals surface area contributed by atoms with Gasteiger partial charge in [0.25, 0.3) is 5.91 Å². The van der Waals surface area contributed by atoms with E-state index in [1.807, 2.05) is 20.0 Å². The Morgan fingerprint density at radius 1 is 1.32 bits per heavy atom. The lowest BCUT2D eigenvalue weighted by atomic mass is 10.1. The molecule has 0 fully saturated rings. The maximum Gasteiger partial charge on any atom is 0.253 e. The highest BCUT2D eigenvalue weighted by atomic mass is 16.1. The van der Waals surface area contributed by atoms with Crippen molar-refractivity contribution in [1.29, 1.82) is 0 Å². The molecule has 0 unspecified atom stereocenters. The number of unbranched alkanes of at least 4 members (excludes halogenated alkanes) is 2. The first-order chi connectivity index (χ1) is 9.10. The molecule has 0 atom stereocenters. The van der Waals surface area contributed by atoms with Crippen molar-refractivity contribution in [2.24, 2.45) is 0 Å². The highest BCUT2D eigenvalue weighted by Crippen LogP contribution is 2.23. The standard InChI is InChI=1S/C15H25N3O/c1-4-6-7-10-18(3)14-11-12(16)8-9-13(14)15(19)17-5-2/h8-9,11H,4-7,10,16H2,1-3H3,(H,17,19). The zero-order valence-corrected chi connectivity index (χ0v) is 12.2. The number of benzene rings is 1. The third kappa shape index (κ3) is 4.47. The summed E-state index contributed by atoms with van der Waals surface area (Å²) in [7, 11) is 2.01. The maximum atomic E-state index is 12.0. The van der Waals surface area contributed by atoms with Crippen molar-refractivity contribution in [1.82, 2.24) is 5.32 Å². The number of nitrogen functional groups attached to an aromatic ring is 1. The second-order valence-corrected chi connectivity index (χ2v) is 4.76. The number of carbonyl (C=O) groups excluding carboxylic acids is 1. The summed E-state index contributed by atoms with van der Waals surface area (Å²) in [6.07, 6.45) is 3.51. The minimum atomic E-state index is -0.0418. The zero-order valence-electron chi connectivity index (χ0n) is 12.2. The summed E-state index contributed by atoms with van der Waals surface area (Å²) in [6.45, 7) is 5.66. The molecule has 0 aliphatic carbocycles. The third-order valence-corrected chi connectivity index (χ3v) is 3.11. The van der Waals surface area contributed by atoms with Gasteiger partial charge in [-0.1, -0.05) is 19.8 Å². The van der Waals surface area contributed by atoms with Gasteiger partial charge in [-0.15, -0.1) is 0 Å². The summed E-state index contributed by atoms with van der Waals surface area (Å²) < 4.78 is 0. The average Bonchev–Trinajstić information content (AvgIpc) is 2.39. The van der Waals surface area contributed by atoms with E-state index >= 15 is 0 Å². The van der Waals surface area contributed by atoms with Gasteiger partial charge in [-0.3, -0.25) is 4.79 Å². The molecule has 0 spiro atoms. The molecule has 0 saturated carbocycles. The van der Waals surface area contributed by atoms with Crippen LogP contribution in [0.4, 0.5) is 11.4 Å². The van der Waals surface area contributed by atoms with Crippen LogP contribution in [-0.2, 0) is 0 Å². The summed E-state index contributed by atoms with van der Waals surface area (Å²) in [4.78, 5) is 14.1. The van der Waals surface area contributed by atoms with Crippen LogP contribution in [0.15, 0.2) is 18.2 Å². The molecule has 0 saturated heterocycles. The second kappa shape index (κ2) is 7.67. The van der Waals surface area contributed by atoms with E-state index in [9.17, 15) is 4.79 Å². The summed E-state index contributed by atoms with van der Waals surface area (Å²) >= 11 is 0. The van der Waals surface area contributed by atoms with Crippen LogP contribution >= 0.6 is 0 Å². The molecule has 0 bridgehead atoms. The number of nitrogens with two attached hydrogens (primary N) is 1. The van der Waals surface area contributed by atoms with Crippen molar-refractivity contribution < 1.29 is 4.79 Å². The van der Waals surface area contributed by atoms with E-state index < -0.39 is 0 Å². The third-order valence-electron chi connectivity index (χ3n) is 3.11. The first kappa shape index (κ1) is 15.3. The monoisotopic (exact) mass is 263 g/mol. The van der Waals surface area contributed by atoms with Gasteiger partial charge < -0.3 is 16.0 Å². The van der Waals surface area contributed by atoms with Crippen LogP contribution in [0.25, 0.3) is 0 Å². The lowest BCUT2D eigenvalue weighted by molar-refractivity contribution is 0.0956. The minimum Gasteiger partial charge on any atom is -0.399 e. The molecule has 1 rings (SSSR count). The number of anilines is 2. The Balaban J connectivity index is 2.89.